The average Bonchev–Trinajstić information content (AvgIpc) is 2.57. The van der Waals surface area contributed by atoms with Crippen LogP contribution in [-0.2, 0) is 4.74 Å². The van der Waals surface area contributed by atoms with Crippen molar-refractivity contribution in [2.24, 2.45) is 0 Å². The third-order valence-electron chi connectivity index (χ3n) is 3.63. The van der Waals surface area contributed by atoms with Gasteiger partial charge in [-0.1, -0.05) is 36.7 Å². The van der Waals surface area contributed by atoms with E-state index in [0.717, 1.165) is 35.7 Å². The molecule has 1 aromatic heterocycles. The molecule has 0 saturated carbocycles. The summed E-state index contributed by atoms with van der Waals surface area (Å²) in [6, 6.07) is 13.7. The van der Waals surface area contributed by atoms with Gasteiger partial charge in [-0.25, -0.2) is 0 Å². The van der Waals surface area contributed by atoms with Crippen LogP contribution in [0.15, 0.2) is 48.7 Å². The van der Waals surface area contributed by atoms with Crippen molar-refractivity contribution in [3.05, 3.63) is 64.9 Å². The van der Waals surface area contributed by atoms with Crippen molar-refractivity contribution in [1.82, 2.24) is 10.3 Å². The van der Waals surface area contributed by atoms with E-state index >= 15 is 0 Å². The van der Waals surface area contributed by atoms with Crippen molar-refractivity contribution in [3.63, 3.8) is 0 Å². The maximum absolute atomic E-state index is 6.37. The molecule has 0 aliphatic carbocycles. The number of nitrogens with one attached hydrogen (secondary N) is 1. The fourth-order valence-corrected chi connectivity index (χ4v) is 2.48. The zero-order chi connectivity index (χ0) is 15.8. The van der Waals surface area contributed by atoms with Gasteiger partial charge in [-0.05, 0) is 56.3 Å². The van der Waals surface area contributed by atoms with Gasteiger partial charge < -0.3 is 10.1 Å². The summed E-state index contributed by atoms with van der Waals surface area (Å²) in [5.41, 5.74) is 2.00. The summed E-state index contributed by atoms with van der Waals surface area (Å²) in [5.74, 6) is 0. The van der Waals surface area contributed by atoms with Crippen molar-refractivity contribution >= 4 is 11.6 Å². The van der Waals surface area contributed by atoms with E-state index in [1.807, 2.05) is 49.5 Å². The smallest absolute Gasteiger partial charge is 0.125 e. The second kappa shape index (κ2) is 8.89. The minimum atomic E-state index is -0.166. The second-order valence-corrected chi connectivity index (χ2v) is 5.68. The number of halogens is 1. The fourth-order valence-electron chi connectivity index (χ4n) is 2.35. The minimum Gasteiger partial charge on any atom is -0.364 e. The molecule has 1 aromatic carbocycles. The highest BCUT2D eigenvalue weighted by molar-refractivity contribution is 6.30. The largest absolute Gasteiger partial charge is 0.364 e. The Labute approximate surface area is 137 Å². The first kappa shape index (κ1) is 16.9. The topological polar surface area (TPSA) is 34.1 Å². The Morgan fingerprint density at radius 2 is 1.95 bits per heavy atom. The van der Waals surface area contributed by atoms with Crippen molar-refractivity contribution < 1.29 is 4.74 Å². The molecule has 2 aromatic rings. The number of hydrogen-bond donors (Lipinski definition) is 1. The molecule has 22 heavy (non-hydrogen) atoms. The number of hydrogen-bond acceptors (Lipinski definition) is 3. The van der Waals surface area contributed by atoms with Crippen LogP contribution < -0.4 is 5.32 Å². The van der Waals surface area contributed by atoms with Gasteiger partial charge in [0.2, 0.25) is 0 Å². The Kier molecular flexibility index (Phi) is 6.84. The monoisotopic (exact) mass is 318 g/mol. The number of nitrogens with zero attached hydrogens (tertiary/aromatic N) is 1. The van der Waals surface area contributed by atoms with E-state index in [0.29, 0.717) is 0 Å². The predicted molar refractivity (Wildman–Crippen MR) is 91.2 cm³/mol. The first-order chi connectivity index (χ1) is 10.7. The normalized spacial score (nSPS) is 13.8. The maximum Gasteiger partial charge on any atom is 0.125 e. The van der Waals surface area contributed by atoms with Crippen LogP contribution in [0.2, 0.25) is 5.02 Å². The Hall–Kier alpha value is -1.42. The Bertz CT molecular complexity index is 545. The Morgan fingerprint density at radius 1 is 1.18 bits per heavy atom. The van der Waals surface area contributed by atoms with Crippen molar-refractivity contribution in [3.8, 4) is 0 Å². The van der Waals surface area contributed by atoms with Gasteiger partial charge in [0.15, 0.2) is 0 Å². The highest BCUT2D eigenvalue weighted by Gasteiger charge is 2.20. The molecule has 118 valence electrons. The average molecular weight is 319 g/mol. The molecule has 1 N–H and O–H groups in total. The second-order valence-electron chi connectivity index (χ2n) is 5.24. The van der Waals surface area contributed by atoms with E-state index in [9.17, 15) is 0 Å². The molecule has 1 heterocycles. The van der Waals surface area contributed by atoms with Gasteiger partial charge in [-0.15, -0.1) is 0 Å². The summed E-state index contributed by atoms with van der Waals surface area (Å²) in [7, 11) is 1.96. The van der Waals surface area contributed by atoms with Crippen molar-refractivity contribution in [2.75, 3.05) is 13.6 Å². The van der Waals surface area contributed by atoms with Gasteiger partial charge in [-0.3, -0.25) is 4.98 Å². The summed E-state index contributed by atoms with van der Waals surface area (Å²) >= 11 is 6.00. The molecule has 3 nitrogen and oxygen atoms in total. The van der Waals surface area contributed by atoms with E-state index in [-0.39, 0.29) is 12.2 Å². The zero-order valence-corrected chi connectivity index (χ0v) is 13.9. The van der Waals surface area contributed by atoms with Gasteiger partial charge in [0, 0.05) is 11.2 Å². The third kappa shape index (κ3) is 4.80. The summed E-state index contributed by atoms with van der Waals surface area (Å²) < 4.78 is 6.37. The molecule has 0 spiro atoms. The molecule has 0 fully saturated rings. The third-order valence-corrected chi connectivity index (χ3v) is 3.88. The van der Waals surface area contributed by atoms with Gasteiger partial charge in [-0.2, -0.15) is 0 Å². The summed E-state index contributed by atoms with van der Waals surface area (Å²) in [4.78, 5) is 4.47. The number of ether oxygens (including phenoxy) is 1. The quantitative estimate of drug-likeness (QED) is 0.791. The molecular formula is C18H23ClN2O. The van der Waals surface area contributed by atoms with E-state index < -0.39 is 0 Å². The van der Waals surface area contributed by atoms with Gasteiger partial charge in [0.25, 0.3) is 0 Å². The fraction of sp³-hybridized carbons (Fsp3) is 0.389. The van der Waals surface area contributed by atoms with Gasteiger partial charge in [0.05, 0.1) is 11.8 Å². The van der Waals surface area contributed by atoms with Crippen LogP contribution in [0.3, 0.4) is 0 Å². The first-order valence-corrected chi connectivity index (χ1v) is 8.08. The lowest BCUT2D eigenvalue weighted by molar-refractivity contribution is -0.00000381. The molecule has 2 atom stereocenters. The molecule has 0 amide bonds. The Morgan fingerprint density at radius 3 is 2.55 bits per heavy atom. The van der Waals surface area contributed by atoms with E-state index in [1.165, 1.54) is 0 Å². The molecule has 0 aliphatic rings. The molecule has 0 saturated heterocycles. The van der Waals surface area contributed by atoms with E-state index in [4.69, 9.17) is 16.3 Å². The number of pyridine rings is 1. The first-order valence-electron chi connectivity index (χ1n) is 7.71. The van der Waals surface area contributed by atoms with E-state index in [2.05, 4.69) is 17.2 Å². The zero-order valence-electron chi connectivity index (χ0n) is 13.1. The number of benzene rings is 1. The minimum absolute atomic E-state index is 0.166. The van der Waals surface area contributed by atoms with Crippen LogP contribution >= 0.6 is 11.6 Å². The molecular weight excluding hydrogens is 296 g/mol. The van der Waals surface area contributed by atoms with Crippen LogP contribution in [0.25, 0.3) is 0 Å². The molecule has 2 rings (SSSR count). The summed E-state index contributed by atoms with van der Waals surface area (Å²) in [5, 5.41) is 3.91. The SMILES string of the molecule is CCC(CCNC)OC(c1ccc(Cl)cc1)c1ccccn1. The lowest BCUT2D eigenvalue weighted by atomic mass is 10.0. The van der Waals surface area contributed by atoms with Crippen LogP contribution in [0.5, 0.6) is 0 Å². The van der Waals surface area contributed by atoms with Crippen LogP contribution in [0.1, 0.15) is 37.1 Å². The van der Waals surface area contributed by atoms with Gasteiger partial charge in [0.1, 0.15) is 6.10 Å². The van der Waals surface area contributed by atoms with Crippen LogP contribution in [-0.4, -0.2) is 24.7 Å². The van der Waals surface area contributed by atoms with Gasteiger partial charge >= 0.3 is 0 Å². The molecule has 0 bridgehead atoms. The Balaban J connectivity index is 2.23. The highest BCUT2D eigenvalue weighted by Crippen LogP contribution is 2.28. The van der Waals surface area contributed by atoms with Crippen molar-refractivity contribution in [1.29, 1.82) is 0 Å². The molecule has 0 radical (unpaired) electrons. The standard InChI is InChI=1S/C18H23ClN2O/c1-3-16(11-13-20-2)22-18(17-6-4-5-12-21-17)14-7-9-15(19)10-8-14/h4-10,12,16,18,20H,3,11,13H2,1-2H3. The highest BCUT2D eigenvalue weighted by atomic mass is 35.5. The number of aromatic nitrogens is 1. The molecule has 2 unspecified atom stereocenters. The summed E-state index contributed by atoms with van der Waals surface area (Å²) in [6.07, 6.45) is 3.77. The van der Waals surface area contributed by atoms with E-state index in [1.54, 1.807) is 6.20 Å². The summed E-state index contributed by atoms with van der Waals surface area (Å²) in [6.45, 7) is 3.09. The molecule has 4 heteroatoms. The predicted octanol–water partition coefficient (Wildman–Crippen LogP) is 4.23. The van der Waals surface area contributed by atoms with Crippen molar-refractivity contribution in [2.45, 2.75) is 32.0 Å². The lowest BCUT2D eigenvalue weighted by Crippen LogP contribution is -2.22. The lowest BCUT2D eigenvalue weighted by Gasteiger charge is -2.24. The molecule has 0 aliphatic heterocycles. The van der Waals surface area contributed by atoms with Crippen LogP contribution in [0.4, 0.5) is 0 Å². The maximum atomic E-state index is 6.37. The number of rotatable bonds is 8. The van der Waals surface area contributed by atoms with Crippen LogP contribution in [0, 0.1) is 0 Å².